The van der Waals surface area contributed by atoms with E-state index in [2.05, 4.69) is 17.4 Å². The topological polar surface area (TPSA) is 58.3 Å². The Kier molecular flexibility index (Phi) is 3.98. The van der Waals surface area contributed by atoms with Gasteiger partial charge in [-0.2, -0.15) is 0 Å². The smallest absolute Gasteiger partial charge is 0.0633 e. The maximum absolute atomic E-state index is 9.36. The summed E-state index contributed by atoms with van der Waals surface area (Å²) in [6.07, 6.45) is 1.57. The average Bonchev–Trinajstić information content (AvgIpc) is 2.42. The molecule has 2 aromatic rings. The van der Waals surface area contributed by atoms with E-state index >= 15 is 0 Å². The van der Waals surface area contributed by atoms with E-state index in [9.17, 15) is 5.11 Å². The minimum atomic E-state index is -0.135. The van der Waals surface area contributed by atoms with E-state index in [0.29, 0.717) is 21.7 Å². The van der Waals surface area contributed by atoms with Crippen molar-refractivity contribution in [1.29, 1.82) is 0 Å². The molecule has 0 amide bonds. The summed E-state index contributed by atoms with van der Waals surface area (Å²) in [5, 5.41) is 13.5. The number of benzene rings is 2. The Morgan fingerprint density at radius 3 is 2.29 bits per heavy atom. The number of aliphatic hydroxyl groups excluding tert-OH is 1. The highest BCUT2D eigenvalue weighted by Gasteiger charge is 2.28. The molecule has 3 nitrogen and oxygen atoms in total. The Labute approximate surface area is 133 Å². The van der Waals surface area contributed by atoms with Crippen LogP contribution in [0.3, 0.4) is 0 Å². The van der Waals surface area contributed by atoms with Crippen LogP contribution in [0.25, 0.3) is 0 Å². The maximum atomic E-state index is 9.36. The van der Waals surface area contributed by atoms with Crippen molar-refractivity contribution in [3.05, 3.63) is 52.0 Å². The first kappa shape index (κ1) is 14.5. The predicted octanol–water partition coefficient (Wildman–Crippen LogP) is 4.56. The zero-order valence-electron chi connectivity index (χ0n) is 11.3. The fraction of sp³-hybridized carbons (Fsp3) is 0.250. The van der Waals surface area contributed by atoms with Crippen molar-refractivity contribution >= 4 is 40.3 Å². The third-order valence-electron chi connectivity index (χ3n) is 3.87. The zero-order valence-corrected chi connectivity index (χ0v) is 12.8. The van der Waals surface area contributed by atoms with Crippen LogP contribution in [-0.2, 0) is 0 Å². The number of nitrogens with two attached hydrogens (primary N) is 1. The quantitative estimate of drug-likeness (QED) is 0.726. The van der Waals surface area contributed by atoms with Crippen molar-refractivity contribution in [3.8, 4) is 0 Å². The lowest BCUT2D eigenvalue weighted by atomic mass is 9.78. The third kappa shape index (κ3) is 3.10. The average molecular weight is 323 g/mol. The zero-order chi connectivity index (χ0) is 15.0. The first-order chi connectivity index (χ1) is 10.0. The van der Waals surface area contributed by atoms with Gasteiger partial charge in [-0.05, 0) is 48.6 Å². The monoisotopic (exact) mass is 322 g/mol. The van der Waals surface area contributed by atoms with E-state index < -0.39 is 0 Å². The summed E-state index contributed by atoms with van der Waals surface area (Å²) in [5.74, 6) is 0.476. The summed E-state index contributed by atoms with van der Waals surface area (Å²) in [6.45, 7) is 0. The van der Waals surface area contributed by atoms with Crippen LogP contribution in [0.2, 0.25) is 10.0 Å². The fourth-order valence-corrected chi connectivity index (χ4v) is 2.86. The molecule has 0 radical (unpaired) electrons. The van der Waals surface area contributed by atoms with Crippen molar-refractivity contribution in [2.45, 2.75) is 24.9 Å². The lowest BCUT2D eigenvalue weighted by molar-refractivity contribution is 0.0746. The summed E-state index contributed by atoms with van der Waals surface area (Å²) >= 11 is 11.9. The Morgan fingerprint density at radius 2 is 1.67 bits per heavy atom. The Balaban J connectivity index is 1.75. The van der Waals surface area contributed by atoms with Crippen LogP contribution in [-0.4, -0.2) is 11.2 Å². The summed E-state index contributed by atoms with van der Waals surface area (Å²) in [5.41, 5.74) is 9.40. The normalized spacial score (nSPS) is 20.9. The van der Waals surface area contributed by atoms with Gasteiger partial charge in [-0.3, -0.25) is 0 Å². The van der Waals surface area contributed by atoms with Crippen molar-refractivity contribution in [1.82, 2.24) is 0 Å². The molecule has 21 heavy (non-hydrogen) atoms. The van der Waals surface area contributed by atoms with Crippen LogP contribution in [0.5, 0.6) is 0 Å². The number of halogens is 2. The van der Waals surface area contributed by atoms with Crippen LogP contribution in [0.1, 0.15) is 24.3 Å². The Hall–Kier alpha value is -1.42. The molecule has 1 aliphatic carbocycles. The van der Waals surface area contributed by atoms with Crippen molar-refractivity contribution in [3.63, 3.8) is 0 Å². The molecule has 0 bridgehead atoms. The van der Waals surface area contributed by atoms with Gasteiger partial charge in [-0.15, -0.1) is 0 Å². The third-order valence-corrected chi connectivity index (χ3v) is 4.59. The first-order valence-corrected chi connectivity index (χ1v) is 7.58. The first-order valence-electron chi connectivity index (χ1n) is 6.82. The standard InChI is InChI=1S/C16H16Cl2N2O/c17-13-7-15(19)16(8-14(13)18)20-11-3-1-9(2-4-11)10-5-12(21)6-10/h1-4,7-8,10,12,20-21H,5-6,19H2. The van der Waals surface area contributed by atoms with Crippen LogP contribution in [0, 0.1) is 0 Å². The predicted molar refractivity (Wildman–Crippen MR) is 88.6 cm³/mol. The molecule has 1 fully saturated rings. The van der Waals surface area contributed by atoms with Gasteiger partial charge in [-0.25, -0.2) is 0 Å². The number of hydrogen-bond donors (Lipinski definition) is 3. The molecule has 4 N–H and O–H groups in total. The van der Waals surface area contributed by atoms with Gasteiger partial charge in [0.15, 0.2) is 0 Å². The number of rotatable bonds is 3. The van der Waals surface area contributed by atoms with E-state index in [-0.39, 0.29) is 6.10 Å². The summed E-state index contributed by atoms with van der Waals surface area (Å²) < 4.78 is 0. The molecule has 0 atom stereocenters. The van der Waals surface area contributed by atoms with Gasteiger partial charge in [0, 0.05) is 5.69 Å². The number of aliphatic hydroxyl groups is 1. The second kappa shape index (κ2) is 5.76. The molecule has 3 rings (SSSR count). The highest BCUT2D eigenvalue weighted by Crippen LogP contribution is 2.37. The molecule has 1 saturated carbocycles. The Bertz CT molecular complexity index is 652. The minimum absolute atomic E-state index is 0.135. The number of anilines is 3. The van der Waals surface area contributed by atoms with Gasteiger partial charge in [0.1, 0.15) is 0 Å². The number of nitrogen functional groups attached to an aromatic ring is 1. The van der Waals surface area contributed by atoms with Crippen LogP contribution in [0.15, 0.2) is 36.4 Å². The van der Waals surface area contributed by atoms with Crippen LogP contribution >= 0.6 is 23.2 Å². The molecular weight excluding hydrogens is 307 g/mol. The van der Waals surface area contributed by atoms with E-state index in [1.807, 2.05) is 12.1 Å². The van der Waals surface area contributed by atoms with E-state index in [4.69, 9.17) is 28.9 Å². The van der Waals surface area contributed by atoms with Crippen molar-refractivity contribution in [2.75, 3.05) is 11.1 Å². The second-order valence-electron chi connectivity index (χ2n) is 5.42. The molecule has 0 saturated heterocycles. The molecule has 0 aliphatic heterocycles. The van der Waals surface area contributed by atoms with Gasteiger partial charge in [-0.1, -0.05) is 35.3 Å². The molecule has 2 aromatic carbocycles. The molecule has 0 heterocycles. The molecule has 0 spiro atoms. The molecule has 5 heteroatoms. The van der Waals surface area contributed by atoms with Gasteiger partial charge in [0.25, 0.3) is 0 Å². The minimum Gasteiger partial charge on any atom is -0.397 e. The van der Waals surface area contributed by atoms with E-state index in [1.165, 1.54) is 5.56 Å². The molecule has 0 aromatic heterocycles. The van der Waals surface area contributed by atoms with Gasteiger partial charge >= 0.3 is 0 Å². The van der Waals surface area contributed by atoms with E-state index in [1.54, 1.807) is 12.1 Å². The highest BCUT2D eigenvalue weighted by atomic mass is 35.5. The summed E-state index contributed by atoms with van der Waals surface area (Å²) in [4.78, 5) is 0. The molecule has 110 valence electrons. The van der Waals surface area contributed by atoms with Gasteiger partial charge in [0.05, 0.1) is 27.5 Å². The summed E-state index contributed by atoms with van der Waals surface area (Å²) in [7, 11) is 0. The maximum Gasteiger partial charge on any atom is 0.0633 e. The number of nitrogens with one attached hydrogen (secondary N) is 1. The van der Waals surface area contributed by atoms with Gasteiger partial charge < -0.3 is 16.2 Å². The number of hydrogen-bond acceptors (Lipinski definition) is 3. The lowest BCUT2D eigenvalue weighted by Crippen LogP contribution is -2.26. The Morgan fingerprint density at radius 1 is 1.05 bits per heavy atom. The lowest BCUT2D eigenvalue weighted by Gasteiger charge is -2.31. The van der Waals surface area contributed by atoms with Crippen molar-refractivity contribution in [2.24, 2.45) is 0 Å². The van der Waals surface area contributed by atoms with Gasteiger partial charge in [0.2, 0.25) is 0 Å². The van der Waals surface area contributed by atoms with Crippen LogP contribution in [0.4, 0.5) is 17.1 Å². The van der Waals surface area contributed by atoms with Crippen LogP contribution < -0.4 is 11.1 Å². The van der Waals surface area contributed by atoms with Crippen molar-refractivity contribution < 1.29 is 5.11 Å². The molecule has 1 aliphatic rings. The summed E-state index contributed by atoms with van der Waals surface area (Å²) in [6, 6.07) is 11.5. The molecule has 0 unspecified atom stereocenters. The fourth-order valence-electron chi connectivity index (χ4n) is 2.52. The SMILES string of the molecule is Nc1cc(Cl)c(Cl)cc1Nc1ccc(C2CC(O)C2)cc1. The second-order valence-corrected chi connectivity index (χ2v) is 6.24. The van der Waals surface area contributed by atoms with E-state index in [0.717, 1.165) is 24.2 Å². The molecular formula is C16H16Cl2N2O. The highest BCUT2D eigenvalue weighted by molar-refractivity contribution is 6.42. The largest absolute Gasteiger partial charge is 0.397 e.